The molecule has 0 spiro atoms. The Balaban J connectivity index is 1.45. The molecule has 4 aromatic rings. The topological polar surface area (TPSA) is 114 Å². The molecule has 3 N–H and O–H groups in total. The van der Waals surface area contributed by atoms with Gasteiger partial charge in [-0.25, -0.2) is 0 Å². The monoisotopic (exact) mass is 490 g/mol. The maximum atomic E-state index is 13.2. The molecule has 1 amide bonds. The zero-order valence-corrected chi connectivity index (χ0v) is 20.1. The SMILES string of the molecule is CN1CCN(c2ccc(C(=O)Nc3nn(S(=O)(=O)c4ccccc4)c4ccccc34)c(N)c2)CC1. The van der Waals surface area contributed by atoms with Crippen molar-refractivity contribution in [3.8, 4) is 0 Å². The summed E-state index contributed by atoms with van der Waals surface area (Å²) in [6.45, 7) is 3.70. The first-order valence-corrected chi connectivity index (χ1v) is 12.7. The Labute approximate surface area is 203 Å². The lowest BCUT2D eigenvalue weighted by Gasteiger charge is -2.34. The average Bonchev–Trinajstić information content (AvgIpc) is 3.24. The van der Waals surface area contributed by atoms with E-state index in [-0.39, 0.29) is 10.7 Å². The summed E-state index contributed by atoms with van der Waals surface area (Å²) in [6.07, 6.45) is 0. The van der Waals surface area contributed by atoms with Gasteiger partial charge in [-0.05, 0) is 49.5 Å². The molecule has 1 fully saturated rings. The van der Waals surface area contributed by atoms with Crippen LogP contribution in [0.1, 0.15) is 10.4 Å². The average molecular weight is 491 g/mol. The first kappa shape index (κ1) is 22.9. The van der Waals surface area contributed by atoms with Gasteiger partial charge in [0.05, 0.1) is 16.0 Å². The van der Waals surface area contributed by atoms with Gasteiger partial charge in [0.15, 0.2) is 5.82 Å². The molecule has 5 rings (SSSR count). The molecule has 0 saturated carbocycles. The van der Waals surface area contributed by atoms with E-state index in [1.54, 1.807) is 54.6 Å². The van der Waals surface area contributed by atoms with Gasteiger partial charge in [-0.15, -0.1) is 5.10 Å². The van der Waals surface area contributed by atoms with Crippen LogP contribution in [0.4, 0.5) is 17.2 Å². The molecular weight excluding hydrogens is 464 g/mol. The lowest BCUT2D eigenvalue weighted by atomic mass is 10.1. The van der Waals surface area contributed by atoms with E-state index < -0.39 is 15.9 Å². The number of piperazine rings is 1. The van der Waals surface area contributed by atoms with Crippen molar-refractivity contribution in [1.29, 1.82) is 0 Å². The molecule has 0 unspecified atom stereocenters. The van der Waals surface area contributed by atoms with Crippen molar-refractivity contribution in [2.24, 2.45) is 0 Å². The number of nitrogen functional groups attached to an aromatic ring is 1. The molecule has 1 aromatic heterocycles. The van der Waals surface area contributed by atoms with Crippen LogP contribution in [0.2, 0.25) is 0 Å². The summed E-state index contributed by atoms with van der Waals surface area (Å²) in [5.41, 5.74) is 8.23. The molecule has 2 heterocycles. The van der Waals surface area contributed by atoms with Crippen molar-refractivity contribution in [1.82, 2.24) is 14.1 Å². The van der Waals surface area contributed by atoms with Crippen LogP contribution < -0.4 is 16.0 Å². The number of nitrogens with two attached hydrogens (primary N) is 1. The van der Waals surface area contributed by atoms with Gasteiger partial charge < -0.3 is 20.9 Å². The van der Waals surface area contributed by atoms with Crippen molar-refractivity contribution >= 4 is 44.0 Å². The summed E-state index contributed by atoms with van der Waals surface area (Å²) in [5.74, 6) is -0.312. The molecule has 0 aliphatic carbocycles. The van der Waals surface area contributed by atoms with Gasteiger partial charge in [-0.1, -0.05) is 30.3 Å². The van der Waals surface area contributed by atoms with Crippen LogP contribution in [0.25, 0.3) is 10.9 Å². The highest BCUT2D eigenvalue weighted by Crippen LogP contribution is 2.28. The molecule has 0 radical (unpaired) electrons. The molecule has 1 aliphatic heterocycles. The highest BCUT2D eigenvalue weighted by molar-refractivity contribution is 7.90. The Hall–Kier alpha value is -3.89. The molecule has 35 heavy (non-hydrogen) atoms. The van der Waals surface area contributed by atoms with Crippen LogP contribution >= 0.6 is 0 Å². The number of nitrogens with one attached hydrogen (secondary N) is 1. The molecule has 3 aromatic carbocycles. The van der Waals surface area contributed by atoms with Crippen LogP contribution in [0.3, 0.4) is 0 Å². The maximum absolute atomic E-state index is 13.2. The predicted octanol–water partition coefficient (Wildman–Crippen LogP) is 2.86. The van der Waals surface area contributed by atoms with Crippen LogP contribution in [-0.2, 0) is 10.0 Å². The van der Waals surface area contributed by atoms with E-state index in [0.717, 1.165) is 36.0 Å². The summed E-state index contributed by atoms with van der Waals surface area (Å²) < 4.78 is 27.4. The molecule has 0 atom stereocenters. The number of para-hydroxylation sites is 1. The number of hydrogen-bond acceptors (Lipinski definition) is 7. The molecule has 1 saturated heterocycles. The minimum atomic E-state index is -3.95. The van der Waals surface area contributed by atoms with Crippen LogP contribution in [0, 0.1) is 0 Å². The third-order valence-electron chi connectivity index (χ3n) is 6.20. The largest absolute Gasteiger partial charge is 0.398 e. The van der Waals surface area contributed by atoms with Gasteiger partial charge >= 0.3 is 0 Å². The number of nitrogens with zero attached hydrogens (tertiary/aromatic N) is 4. The van der Waals surface area contributed by atoms with E-state index in [1.807, 2.05) is 6.07 Å². The molecule has 10 heteroatoms. The van der Waals surface area contributed by atoms with Gasteiger partial charge in [0.25, 0.3) is 15.9 Å². The van der Waals surface area contributed by atoms with Crippen molar-refractivity contribution in [3.05, 3.63) is 78.4 Å². The van der Waals surface area contributed by atoms with Crippen molar-refractivity contribution in [2.75, 3.05) is 49.2 Å². The lowest BCUT2D eigenvalue weighted by Crippen LogP contribution is -2.44. The van der Waals surface area contributed by atoms with Crippen molar-refractivity contribution < 1.29 is 13.2 Å². The van der Waals surface area contributed by atoms with E-state index in [2.05, 4.69) is 27.3 Å². The van der Waals surface area contributed by atoms with Crippen molar-refractivity contribution in [2.45, 2.75) is 4.90 Å². The van der Waals surface area contributed by atoms with Gasteiger partial charge in [-0.2, -0.15) is 12.5 Å². The lowest BCUT2D eigenvalue weighted by molar-refractivity contribution is 0.102. The molecular formula is C25H26N6O3S. The first-order valence-electron chi connectivity index (χ1n) is 11.3. The van der Waals surface area contributed by atoms with Gasteiger partial charge in [-0.3, -0.25) is 4.79 Å². The quantitative estimate of drug-likeness (QED) is 0.414. The summed E-state index contributed by atoms with van der Waals surface area (Å²) in [4.78, 5) is 17.7. The fraction of sp³-hybridized carbons (Fsp3) is 0.200. The normalized spacial score (nSPS) is 14.8. The second-order valence-corrected chi connectivity index (χ2v) is 10.3. The molecule has 180 valence electrons. The second kappa shape index (κ2) is 9.05. The summed E-state index contributed by atoms with van der Waals surface area (Å²) >= 11 is 0. The maximum Gasteiger partial charge on any atom is 0.283 e. The number of carbonyl (C=O) groups is 1. The molecule has 1 aliphatic rings. The number of likely N-dealkylation sites (N-methyl/N-ethyl adjacent to an activating group) is 1. The Kier molecular flexibility index (Phi) is 5.91. The number of aromatic nitrogens is 2. The van der Waals surface area contributed by atoms with Gasteiger partial charge in [0.2, 0.25) is 0 Å². The highest BCUT2D eigenvalue weighted by Gasteiger charge is 2.24. The number of amides is 1. The second-order valence-electron chi connectivity index (χ2n) is 8.54. The Morgan fingerprint density at radius 1 is 0.943 bits per heavy atom. The first-order chi connectivity index (χ1) is 16.8. The number of carbonyl (C=O) groups excluding carboxylic acids is 1. The van der Waals surface area contributed by atoms with E-state index in [9.17, 15) is 13.2 Å². The third-order valence-corrected chi connectivity index (χ3v) is 7.81. The van der Waals surface area contributed by atoms with Crippen LogP contribution in [0.15, 0.2) is 77.7 Å². The smallest absolute Gasteiger partial charge is 0.283 e. The third kappa shape index (κ3) is 4.33. The van der Waals surface area contributed by atoms with Gasteiger partial charge in [0.1, 0.15) is 0 Å². The zero-order chi connectivity index (χ0) is 24.6. The number of anilines is 3. The summed E-state index contributed by atoms with van der Waals surface area (Å²) in [5, 5.41) is 7.54. The minimum Gasteiger partial charge on any atom is -0.398 e. The Bertz CT molecular complexity index is 1490. The summed E-state index contributed by atoms with van der Waals surface area (Å²) in [7, 11) is -1.86. The number of hydrogen-bond donors (Lipinski definition) is 2. The van der Waals surface area contributed by atoms with E-state index >= 15 is 0 Å². The van der Waals surface area contributed by atoms with Crippen LogP contribution in [0.5, 0.6) is 0 Å². The Morgan fingerprint density at radius 2 is 1.63 bits per heavy atom. The fourth-order valence-electron chi connectivity index (χ4n) is 4.20. The zero-order valence-electron chi connectivity index (χ0n) is 19.3. The van der Waals surface area contributed by atoms with Gasteiger partial charge in [0, 0.05) is 42.9 Å². The fourth-order valence-corrected chi connectivity index (χ4v) is 5.51. The molecule has 9 nitrogen and oxygen atoms in total. The standard InChI is InChI=1S/C25H26N6O3S/c1-29-13-15-30(16-14-29)18-11-12-20(22(26)17-18)25(32)27-24-21-9-5-6-10-23(21)31(28-24)35(33,34)19-7-3-2-4-8-19/h2-12,17H,13-16,26H2,1H3,(H,27,28,32). The number of benzene rings is 3. The summed E-state index contributed by atoms with van der Waals surface area (Å²) in [6, 6.07) is 20.3. The number of rotatable bonds is 5. The minimum absolute atomic E-state index is 0.106. The van der Waals surface area contributed by atoms with E-state index in [1.165, 1.54) is 12.1 Å². The number of fused-ring (bicyclic) bond motifs is 1. The van der Waals surface area contributed by atoms with Crippen LogP contribution in [-0.4, -0.2) is 61.6 Å². The Morgan fingerprint density at radius 3 is 2.34 bits per heavy atom. The van der Waals surface area contributed by atoms with E-state index in [4.69, 9.17) is 5.73 Å². The highest BCUT2D eigenvalue weighted by atomic mass is 32.2. The predicted molar refractivity (Wildman–Crippen MR) is 137 cm³/mol. The van der Waals surface area contributed by atoms with Crippen molar-refractivity contribution in [3.63, 3.8) is 0 Å². The van der Waals surface area contributed by atoms with E-state index in [0.29, 0.717) is 22.2 Å². The molecule has 0 bridgehead atoms.